The van der Waals surface area contributed by atoms with Crippen LogP contribution in [0.3, 0.4) is 0 Å². The maximum absolute atomic E-state index is 13.2. The standard InChI is InChI=1S/C18H17FN4OS3/c19-12-5-3-11(4-6-12)16(14-2-1-9-25-14)21-15(24)10-26-18-23-22-17(27-18)20-13-7-8-13/h1-6,9,13,16H,7-8,10H2,(H,20,22)(H,21,24). The Kier molecular flexibility index (Phi) is 5.70. The zero-order valence-electron chi connectivity index (χ0n) is 14.2. The summed E-state index contributed by atoms with van der Waals surface area (Å²) < 4.78 is 14.0. The lowest BCUT2D eigenvalue weighted by Gasteiger charge is -2.18. The molecule has 1 unspecified atom stereocenters. The van der Waals surface area contributed by atoms with Crippen molar-refractivity contribution in [3.63, 3.8) is 0 Å². The van der Waals surface area contributed by atoms with Crippen LogP contribution in [0.1, 0.15) is 29.3 Å². The summed E-state index contributed by atoms with van der Waals surface area (Å²) in [5.74, 6) is -0.145. The number of amides is 1. The van der Waals surface area contributed by atoms with Crippen LogP contribution in [0.5, 0.6) is 0 Å². The maximum atomic E-state index is 13.2. The molecule has 1 atom stereocenters. The smallest absolute Gasteiger partial charge is 0.231 e. The summed E-state index contributed by atoms with van der Waals surface area (Å²) in [5, 5.41) is 17.3. The van der Waals surface area contributed by atoms with Crippen LogP contribution in [0.25, 0.3) is 0 Å². The molecule has 1 saturated carbocycles. The van der Waals surface area contributed by atoms with E-state index in [1.807, 2.05) is 17.5 Å². The lowest BCUT2D eigenvalue weighted by atomic mass is 10.1. The van der Waals surface area contributed by atoms with E-state index < -0.39 is 0 Å². The quantitative estimate of drug-likeness (QED) is 0.532. The van der Waals surface area contributed by atoms with Crippen LogP contribution in [-0.2, 0) is 4.79 Å². The number of thiophene rings is 1. The molecule has 1 fully saturated rings. The fourth-order valence-electron chi connectivity index (χ4n) is 2.49. The zero-order chi connectivity index (χ0) is 18.6. The van der Waals surface area contributed by atoms with Crippen LogP contribution in [0, 0.1) is 5.82 Å². The second kappa shape index (κ2) is 8.37. The number of carbonyl (C=O) groups excluding carboxylic acids is 1. The topological polar surface area (TPSA) is 66.9 Å². The molecule has 2 heterocycles. The molecular formula is C18H17FN4OS3. The number of hydrogen-bond acceptors (Lipinski definition) is 7. The van der Waals surface area contributed by atoms with Gasteiger partial charge in [0.25, 0.3) is 0 Å². The molecule has 0 saturated heterocycles. The first-order valence-electron chi connectivity index (χ1n) is 8.48. The summed E-state index contributed by atoms with van der Waals surface area (Å²) in [5.41, 5.74) is 0.851. The van der Waals surface area contributed by atoms with Gasteiger partial charge in [0.15, 0.2) is 4.34 Å². The predicted octanol–water partition coefficient (Wildman–Crippen LogP) is 4.31. The molecule has 27 heavy (non-hydrogen) atoms. The largest absolute Gasteiger partial charge is 0.357 e. The Labute approximate surface area is 168 Å². The van der Waals surface area contributed by atoms with E-state index in [4.69, 9.17) is 0 Å². The van der Waals surface area contributed by atoms with Crippen molar-refractivity contribution in [1.29, 1.82) is 0 Å². The molecule has 9 heteroatoms. The highest BCUT2D eigenvalue weighted by molar-refractivity contribution is 8.01. The van der Waals surface area contributed by atoms with E-state index in [0.717, 1.165) is 19.9 Å². The average molecular weight is 421 g/mol. The van der Waals surface area contributed by atoms with Crippen LogP contribution >= 0.6 is 34.4 Å². The monoisotopic (exact) mass is 420 g/mol. The molecule has 2 aromatic heterocycles. The predicted molar refractivity (Wildman–Crippen MR) is 108 cm³/mol. The van der Waals surface area contributed by atoms with E-state index in [9.17, 15) is 9.18 Å². The Morgan fingerprint density at radius 2 is 2.07 bits per heavy atom. The minimum atomic E-state index is -0.294. The van der Waals surface area contributed by atoms with Crippen molar-refractivity contribution in [2.24, 2.45) is 0 Å². The van der Waals surface area contributed by atoms with Crippen molar-refractivity contribution in [1.82, 2.24) is 15.5 Å². The number of carbonyl (C=O) groups is 1. The van der Waals surface area contributed by atoms with E-state index in [1.54, 1.807) is 23.5 Å². The van der Waals surface area contributed by atoms with Gasteiger partial charge in [-0.2, -0.15) is 0 Å². The number of anilines is 1. The summed E-state index contributed by atoms with van der Waals surface area (Å²) in [6.45, 7) is 0. The summed E-state index contributed by atoms with van der Waals surface area (Å²) >= 11 is 4.40. The molecule has 0 bridgehead atoms. The second-order valence-electron chi connectivity index (χ2n) is 6.15. The SMILES string of the molecule is O=C(CSc1nnc(NC2CC2)s1)NC(c1ccc(F)cc1)c1cccs1. The molecule has 1 aliphatic rings. The minimum Gasteiger partial charge on any atom is -0.357 e. The van der Waals surface area contributed by atoms with Crippen molar-refractivity contribution < 1.29 is 9.18 Å². The number of hydrogen-bond donors (Lipinski definition) is 2. The number of benzene rings is 1. The number of thioether (sulfide) groups is 1. The fraction of sp³-hybridized carbons (Fsp3) is 0.278. The summed E-state index contributed by atoms with van der Waals surface area (Å²) in [6, 6.07) is 10.4. The van der Waals surface area contributed by atoms with Gasteiger partial charge < -0.3 is 10.6 Å². The molecule has 4 rings (SSSR count). The summed E-state index contributed by atoms with van der Waals surface area (Å²) in [4.78, 5) is 13.5. The van der Waals surface area contributed by atoms with Crippen molar-refractivity contribution in [3.05, 3.63) is 58.0 Å². The average Bonchev–Trinajstić information content (AvgIpc) is 3.13. The van der Waals surface area contributed by atoms with Gasteiger partial charge in [0.2, 0.25) is 11.0 Å². The van der Waals surface area contributed by atoms with Gasteiger partial charge in [-0.15, -0.1) is 21.5 Å². The molecular weight excluding hydrogens is 403 g/mol. The number of aromatic nitrogens is 2. The third-order valence-electron chi connectivity index (χ3n) is 3.97. The van der Waals surface area contributed by atoms with Crippen molar-refractivity contribution in [2.75, 3.05) is 11.1 Å². The van der Waals surface area contributed by atoms with Crippen molar-refractivity contribution in [2.45, 2.75) is 29.3 Å². The van der Waals surface area contributed by atoms with E-state index in [-0.39, 0.29) is 23.5 Å². The molecule has 2 N–H and O–H groups in total. The first-order chi connectivity index (χ1) is 13.2. The van der Waals surface area contributed by atoms with Gasteiger partial charge in [-0.25, -0.2) is 4.39 Å². The molecule has 3 aromatic rings. The Balaban J connectivity index is 1.37. The number of nitrogens with one attached hydrogen (secondary N) is 2. The van der Waals surface area contributed by atoms with Gasteiger partial charge in [-0.05, 0) is 42.0 Å². The molecule has 1 amide bonds. The third kappa shape index (κ3) is 5.06. The third-order valence-corrected chi connectivity index (χ3v) is 6.90. The van der Waals surface area contributed by atoms with Crippen LogP contribution in [0.15, 0.2) is 46.1 Å². The summed E-state index contributed by atoms with van der Waals surface area (Å²) in [6.07, 6.45) is 2.36. The summed E-state index contributed by atoms with van der Waals surface area (Å²) in [7, 11) is 0. The van der Waals surface area contributed by atoms with E-state index in [0.29, 0.717) is 6.04 Å². The maximum Gasteiger partial charge on any atom is 0.231 e. The van der Waals surface area contributed by atoms with Crippen LogP contribution < -0.4 is 10.6 Å². The molecule has 0 aliphatic heterocycles. The highest BCUT2D eigenvalue weighted by atomic mass is 32.2. The molecule has 1 aromatic carbocycles. The van der Waals surface area contributed by atoms with Crippen LogP contribution in [0.4, 0.5) is 9.52 Å². The lowest BCUT2D eigenvalue weighted by molar-refractivity contribution is -0.119. The van der Waals surface area contributed by atoms with Crippen LogP contribution in [-0.4, -0.2) is 27.9 Å². The molecule has 0 radical (unpaired) electrons. The lowest BCUT2D eigenvalue weighted by Crippen LogP contribution is -2.30. The molecule has 140 valence electrons. The number of nitrogens with zero attached hydrogens (tertiary/aromatic N) is 2. The molecule has 5 nitrogen and oxygen atoms in total. The first kappa shape index (κ1) is 18.4. The fourth-order valence-corrected chi connectivity index (χ4v) is 4.93. The van der Waals surface area contributed by atoms with Crippen molar-refractivity contribution in [3.8, 4) is 0 Å². The zero-order valence-corrected chi connectivity index (χ0v) is 16.7. The Morgan fingerprint density at radius 1 is 1.26 bits per heavy atom. The first-order valence-corrected chi connectivity index (χ1v) is 11.2. The second-order valence-corrected chi connectivity index (χ2v) is 9.33. The van der Waals surface area contributed by atoms with Gasteiger partial charge in [-0.3, -0.25) is 4.79 Å². The van der Waals surface area contributed by atoms with Gasteiger partial charge in [-0.1, -0.05) is 41.3 Å². The van der Waals surface area contributed by atoms with Gasteiger partial charge in [0.05, 0.1) is 11.8 Å². The van der Waals surface area contributed by atoms with Gasteiger partial charge in [0, 0.05) is 10.9 Å². The van der Waals surface area contributed by atoms with Crippen molar-refractivity contribution >= 4 is 45.5 Å². The Bertz CT molecular complexity index is 894. The minimum absolute atomic E-state index is 0.102. The normalized spacial score (nSPS) is 14.7. The van der Waals surface area contributed by atoms with E-state index in [2.05, 4.69) is 20.8 Å². The van der Waals surface area contributed by atoms with Gasteiger partial charge >= 0.3 is 0 Å². The highest BCUT2D eigenvalue weighted by Gasteiger charge is 2.23. The van der Waals surface area contributed by atoms with Crippen LogP contribution in [0.2, 0.25) is 0 Å². The Morgan fingerprint density at radius 3 is 2.78 bits per heavy atom. The molecule has 1 aliphatic carbocycles. The van der Waals surface area contributed by atoms with Gasteiger partial charge in [0.1, 0.15) is 5.82 Å². The number of halogens is 1. The molecule has 0 spiro atoms. The number of rotatable bonds is 8. The highest BCUT2D eigenvalue weighted by Crippen LogP contribution is 2.31. The van der Waals surface area contributed by atoms with E-state index >= 15 is 0 Å². The Hall–Kier alpha value is -1.97. The van der Waals surface area contributed by atoms with E-state index in [1.165, 1.54) is 48.1 Å².